The van der Waals surface area contributed by atoms with E-state index in [-0.39, 0.29) is 24.0 Å². The lowest BCUT2D eigenvalue weighted by Gasteiger charge is -2.32. The van der Waals surface area contributed by atoms with Gasteiger partial charge in [-0.1, -0.05) is 42.5 Å². The van der Waals surface area contributed by atoms with Crippen LogP contribution in [-0.2, 0) is 19.7 Å². The SMILES string of the molecule is Cc1ccc(COc2cc3n(c(=O)n2)CCCN3Cc2ccccc2)cc1F. The number of aromatic nitrogens is 2. The highest BCUT2D eigenvalue weighted by atomic mass is 19.1. The zero-order valence-electron chi connectivity index (χ0n) is 15.8. The smallest absolute Gasteiger partial charge is 0.352 e. The van der Waals surface area contributed by atoms with Crippen LogP contribution in [0.25, 0.3) is 0 Å². The Morgan fingerprint density at radius 3 is 2.68 bits per heavy atom. The summed E-state index contributed by atoms with van der Waals surface area (Å²) in [7, 11) is 0. The summed E-state index contributed by atoms with van der Waals surface area (Å²) in [5, 5.41) is 0. The van der Waals surface area contributed by atoms with Crippen molar-refractivity contribution in [1.29, 1.82) is 0 Å². The summed E-state index contributed by atoms with van der Waals surface area (Å²) >= 11 is 0. The van der Waals surface area contributed by atoms with Gasteiger partial charge in [-0.25, -0.2) is 9.18 Å². The van der Waals surface area contributed by atoms with Crippen molar-refractivity contribution in [2.45, 2.75) is 33.0 Å². The number of hydrogen-bond acceptors (Lipinski definition) is 4. The lowest BCUT2D eigenvalue weighted by atomic mass is 10.1. The van der Waals surface area contributed by atoms with Crippen molar-refractivity contribution in [2.24, 2.45) is 0 Å². The number of nitrogens with zero attached hydrogens (tertiary/aromatic N) is 3. The molecule has 1 aliphatic rings. The summed E-state index contributed by atoms with van der Waals surface area (Å²) < 4.78 is 21.1. The highest BCUT2D eigenvalue weighted by molar-refractivity contribution is 5.44. The van der Waals surface area contributed by atoms with E-state index in [1.807, 2.05) is 24.3 Å². The molecule has 2 heterocycles. The Morgan fingerprint density at radius 2 is 1.89 bits per heavy atom. The van der Waals surface area contributed by atoms with E-state index < -0.39 is 0 Å². The average molecular weight is 379 g/mol. The summed E-state index contributed by atoms with van der Waals surface area (Å²) in [6, 6.07) is 16.9. The van der Waals surface area contributed by atoms with Gasteiger partial charge in [0.1, 0.15) is 18.2 Å². The first-order chi connectivity index (χ1) is 13.6. The molecular weight excluding hydrogens is 357 g/mol. The number of rotatable bonds is 5. The Morgan fingerprint density at radius 1 is 1.07 bits per heavy atom. The van der Waals surface area contributed by atoms with E-state index in [1.165, 1.54) is 11.6 Å². The Kier molecular flexibility index (Phi) is 5.10. The highest BCUT2D eigenvalue weighted by Crippen LogP contribution is 2.24. The zero-order chi connectivity index (χ0) is 19.5. The molecule has 0 N–H and O–H groups in total. The van der Waals surface area contributed by atoms with Gasteiger partial charge in [-0.2, -0.15) is 4.98 Å². The topological polar surface area (TPSA) is 47.4 Å². The van der Waals surface area contributed by atoms with E-state index in [2.05, 4.69) is 22.0 Å². The lowest BCUT2D eigenvalue weighted by molar-refractivity contribution is 0.289. The minimum absolute atomic E-state index is 0.159. The molecule has 28 heavy (non-hydrogen) atoms. The predicted octanol–water partition coefficient (Wildman–Crippen LogP) is 3.68. The number of ether oxygens (including phenoxy) is 1. The van der Waals surface area contributed by atoms with Gasteiger partial charge in [0.15, 0.2) is 0 Å². The molecular formula is C22H22FN3O2. The van der Waals surface area contributed by atoms with Crippen LogP contribution >= 0.6 is 0 Å². The number of aryl methyl sites for hydroxylation is 1. The largest absolute Gasteiger partial charge is 0.473 e. The van der Waals surface area contributed by atoms with Crippen LogP contribution < -0.4 is 15.3 Å². The molecule has 0 bridgehead atoms. The number of anilines is 1. The molecule has 144 valence electrons. The normalized spacial score (nSPS) is 13.3. The first-order valence-corrected chi connectivity index (χ1v) is 9.39. The van der Waals surface area contributed by atoms with Gasteiger partial charge in [-0.3, -0.25) is 4.57 Å². The standard InChI is InChI=1S/C22H22FN3O2/c1-16-8-9-18(12-19(16)23)15-28-20-13-21-25(14-17-6-3-2-4-7-17)10-5-11-26(21)22(27)24-20/h2-4,6-9,12-13H,5,10-11,14-15H2,1H3. The van der Waals surface area contributed by atoms with Gasteiger partial charge < -0.3 is 9.64 Å². The summed E-state index contributed by atoms with van der Waals surface area (Å²) in [6.07, 6.45) is 0.893. The molecule has 2 aromatic carbocycles. The predicted molar refractivity (Wildman–Crippen MR) is 106 cm³/mol. The van der Waals surface area contributed by atoms with E-state index >= 15 is 0 Å². The molecule has 6 heteroatoms. The van der Waals surface area contributed by atoms with Crippen LogP contribution in [0.1, 0.15) is 23.1 Å². The third-order valence-corrected chi connectivity index (χ3v) is 4.94. The molecule has 3 aromatic rings. The summed E-state index contributed by atoms with van der Waals surface area (Å²) in [4.78, 5) is 18.7. The molecule has 4 rings (SSSR count). The van der Waals surface area contributed by atoms with E-state index in [4.69, 9.17) is 4.74 Å². The second-order valence-electron chi connectivity index (χ2n) is 7.02. The molecule has 0 spiro atoms. The van der Waals surface area contributed by atoms with E-state index in [0.29, 0.717) is 24.2 Å². The first-order valence-electron chi connectivity index (χ1n) is 9.39. The van der Waals surface area contributed by atoms with Crippen LogP contribution in [0.3, 0.4) is 0 Å². The minimum atomic E-state index is -0.319. The molecule has 0 atom stereocenters. The molecule has 0 unspecified atom stereocenters. The fourth-order valence-corrected chi connectivity index (χ4v) is 3.40. The number of halogens is 1. The number of fused-ring (bicyclic) bond motifs is 1. The summed E-state index contributed by atoms with van der Waals surface area (Å²) in [5.41, 5.74) is 2.15. The molecule has 0 aliphatic carbocycles. The molecule has 0 fully saturated rings. The third-order valence-electron chi connectivity index (χ3n) is 4.94. The Bertz CT molecular complexity index is 1030. The van der Waals surface area contributed by atoms with E-state index in [0.717, 1.165) is 18.8 Å². The molecule has 1 aliphatic heterocycles. The van der Waals surface area contributed by atoms with Gasteiger partial charge in [0, 0.05) is 25.7 Å². The van der Waals surface area contributed by atoms with E-state index in [1.54, 1.807) is 23.6 Å². The van der Waals surface area contributed by atoms with E-state index in [9.17, 15) is 9.18 Å². The van der Waals surface area contributed by atoms with Gasteiger partial charge in [0.05, 0.1) is 0 Å². The van der Waals surface area contributed by atoms with Crippen molar-refractivity contribution >= 4 is 5.82 Å². The zero-order valence-corrected chi connectivity index (χ0v) is 15.8. The van der Waals surface area contributed by atoms with Crippen molar-refractivity contribution in [3.05, 3.63) is 87.6 Å². The quantitative estimate of drug-likeness (QED) is 0.679. The fraction of sp³-hybridized carbons (Fsp3) is 0.273. The van der Waals surface area contributed by atoms with Crippen molar-refractivity contribution in [3.63, 3.8) is 0 Å². The Balaban J connectivity index is 1.56. The van der Waals surface area contributed by atoms with Crippen molar-refractivity contribution < 1.29 is 9.13 Å². The molecule has 5 nitrogen and oxygen atoms in total. The summed E-state index contributed by atoms with van der Waals surface area (Å²) in [6.45, 7) is 4.10. The summed E-state index contributed by atoms with van der Waals surface area (Å²) in [5.74, 6) is 0.797. The third kappa shape index (κ3) is 3.91. The second-order valence-corrected chi connectivity index (χ2v) is 7.02. The van der Waals surface area contributed by atoms with Crippen LogP contribution in [0, 0.1) is 12.7 Å². The number of hydrogen-bond donors (Lipinski definition) is 0. The van der Waals surface area contributed by atoms with Crippen LogP contribution in [0.5, 0.6) is 5.88 Å². The van der Waals surface area contributed by atoms with Crippen LogP contribution in [0.2, 0.25) is 0 Å². The molecule has 1 aromatic heterocycles. The Hall–Kier alpha value is -3.15. The minimum Gasteiger partial charge on any atom is -0.473 e. The van der Waals surface area contributed by atoms with Gasteiger partial charge in [0.2, 0.25) is 5.88 Å². The second kappa shape index (κ2) is 7.84. The maximum Gasteiger partial charge on any atom is 0.352 e. The maximum atomic E-state index is 13.7. The van der Waals surface area contributed by atoms with Crippen molar-refractivity contribution in [3.8, 4) is 5.88 Å². The monoisotopic (exact) mass is 379 g/mol. The van der Waals surface area contributed by atoms with Gasteiger partial charge in [0.25, 0.3) is 0 Å². The van der Waals surface area contributed by atoms with Gasteiger partial charge >= 0.3 is 5.69 Å². The van der Waals surface area contributed by atoms with Crippen LogP contribution in [0.15, 0.2) is 59.4 Å². The fourth-order valence-electron chi connectivity index (χ4n) is 3.40. The first kappa shape index (κ1) is 18.2. The van der Waals surface area contributed by atoms with Crippen molar-refractivity contribution in [1.82, 2.24) is 9.55 Å². The molecule has 0 amide bonds. The molecule has 0 saturated carbocycles. The van der Waals surface area contributed by atoms with Crippen LogP contribution in [-0.4, -0.2) is 16.1 Å². The highest BCUT2D eigenvalue weighted by Gasteiger charge is 2.20. The van der Waals surface area contributed by atoms with Crippen molar-refractivity contribution in [2.75, 3.05) is 11.4 Å². The van der Waals surface area contributed by atoms with Gasteiger partial charge in [-0.15, -0.1) is 0 Å². The average Bonchev–Trinajstić information content (AvgIpc) is 2.70. The molecule has 0 saturated heterocycles. The van der Waals surface area contributed by atoms with Crippen LogP contribution in [0.4, 0.5) is 10.2 Å². The molecule has 0 radical (unpaired) electrons. The Labute approximate surface area is 163 Å². The lowest BCUT2D eigenvalue weighted by Crippen LogP contribution is -2.38. The maximum absolute atomic E-state index is 13.7. The van der Waals surface area contributed by atoms with Gasteiger partial charge in [-0.05, 0) is 36.1 Å². The number of benzene rings is 2.